The molecule has 1 nitrogen and oxygen atoms in total. The zero-order valence-corrected chi connectivity index (χ0v) is 7.90. The summed E-state index contributed by atoms with van der Waals surface area (Å²) in [4.78, 5) is 0. The summed E-state index contributed by atoms with van der Waals surface area (Å²) in [7, 11) is 0. The Morgan fingerprint density at radius 3 is 2.46 bits per heavy atom. The van der Waals surface area contributed by atoms with Crippen molar-refractivity contribution >= 4 is 12.2 Å². The van der Waals surface area contributed by atoms with Crippen molar-refractivity contribution in [3.8, 4) is 0 Å². The summed E-state index contributed by atoms with van der Waals surface area (Å²) in [5.41, 5.74) is 7.92. The fraction of sp³-hybridized carbons (Fsp3) is 0.167. The second-order valence-electron chi connectivity index (χ2n) is 3.05. The fourth-order valence-corrected chi connectivity index (χ4v) is 1.10. The Balaban J connectivity index is 2.93. The third-order valence-corrected chi connectivity index (χ3v) is 1.80. The molecule has 0 radical (unpaired) electrons. The predicted molar refractivity (Wildman–Crippen MR) is 59.2 cm³/mol. The van der Waals surface area contributed by atoms with Crippen LogP contribution < -0.4 is 5.73 Å². The van der Waals surface area contributed by atoms with Gasteiger partial charge in [0.2, 0.25) is 0 Å². The number of rotatable bonds is 3. The lowest BCUT2D eigenvalue weighted by molar-refractivity contribution is 0.931. The molecule has 13 heavy (non-hydrogen) atoms. The highest BCUT2D eigenvalue weighted by atomic mass is 14.6. The summed E-state index contributed by atoms with van der Waals surface area (Å²) >= 11 is 0. The first kappa shape index (κ1) is 9.75. The predicted octanol–water partition coefficient (Wildman–Crippen LogP) is 2.69. The van der Waals surface area contributed by atoms with Gasteiger partial charge in [0.15, 0.2) is 0 Å². The van der Waals surface area contributed by atoms with Crippen molar-refractivity contribution in [1.82, 2.24) is 0 Å². The SMILES string of the molecule is C=Cc1ccccc1/C=C\[C@@H](C)N. The molecule has 1 heteroatoms. The molecule has 0 unspecified atom stereocenters. The van der Waals surface area contributed by atoms with E-state index in [-0.39, 0.29) is 6.04 Å². The minimum atomic E-state index is 0.0953. The van der Waals surface area contributed by atoms with Gasteiger partial charge in [-0.05, 0) is 18.1 Å². The van der Waals surface area contributed by atoms with E-state index < -0.39 is 0 Å². The molecule has 1 atom stereocenters. The molecule has 0 aliphatic heterocycles. The van der Waals surface area contributed by atoms with Gasteiger partial charge in [-0.15, -0.1) is 0 Å². The van der Waals surface area contributed by atoms with Crippen LogP contribution in [0.3, 0.4) is 0 Å². The summed E-state index contributed by atoms with van der Waals surface area (Å²) in [6, 6.07) is 8.19. The third kappa shape index (κ3) is 2.88. The first-order valence-electron chi connectivity index (χ1n) is 4.39. The molecule has 1 rings (SSSR count). The lowest BCUT2D eigenvalue weighted by Crippen LogP contribution is -2.09. The number of hydrogen-bond acceptors (Lipinski definition) is 1. The first-order valence-corrected chi connectivity index (χ1v) is 4.39. The smallest absolute Gasteiger partial charge is 0.0198 e. The van der Waals surface area contributed by atoms with Crippen LogP contribution in [0.1, 0.15) is 18.1 Å². The second kappa shape index (κ2) is 4.63. The van der Waals surface area contributed by atoms with E-state index in [1.54, 1.807) is 0 Å². The second-order valence-corrected chi connectivity index (χ2v) is 3.05. The molecule has 1 aromatic carbocycles. The Labute approximate surface area is 79.6 Å². The molecule has 0 heterocycles. The molecular formula is C12H15N. The average molecular weight is 173 g/mol. The van der Waals surface area contributed by atoms with Gasteiger partial charge in [0, 0.05) is 6.04 Å². The molecule has 0 saturated carbocycles. The van der Waals surface area contributed by atoms with E-state index in [9.17, 15) is 0 Å². The van der Waals surface area contributed by atoms with Crippen LogP contribution >= 0.6 is 0 Å². The number of nitrogens with two attached hydrogens (primary N) is 1. The molecule has 0 saturated heterocycles. The van der Waals surface area contributed by atoms with Gasteiger partial charge in [0.05, 0.1) is 0 Å². The maximum Gasteiger partial charge on any atom is 0.0198 e. The van der Waals surface area contributed by atoms with Crippen LogP contribution in [0.5, 0.6) is 0 Å². The molecule has 68 valence electrons. The van der Waals surface area contributed by atoms with Gasteiger partial charge >= 0.3 is 0 Å². The van der Waals surface area contributed by atoms with Crippen molar-refractivity contribution in [1.29, 1.82) is 0 Å². The Morgan fingerprint density at radius 2 is 1.92 bits per heavy atom. The topological polar surface area (TPSA) is 26.0 Å². The van der Waals surface area contributed by atoms with Crippen molar-refractivity contribution in [2.24, 2.45) is 5.73 Å². The molecule has 0 aliphatic carbocycles. The highest BCUT2D eigenvalue weighted by Gasteiger charge is 1.92. The van der Waals surface area contributed by atoms with Gasteiger partial charge in [0.25, 0.3) is 0 Å². The zero-order valence-electron chi connectivity index (χ0n) is 7.90. The van der Waals surface area contributed by atoms with E-state index in [0.29, 0.717) is 0 Å². The minimum absolute atomic E-state index is 0.0953. The fourth-order valence-electron chi connectivity index (χ4n) is 1.10. The van der Waals surface area contributed by atoms with Crippen molar-refractivity contribution in [3.63, 3.8) is 0 Å². The van der Waals surface area contributed by atoms with Crippen LogP contribution in [-0.4, -0.2) is 6.04 Å². The molecule has 0 aliphatic rings. The molecule has 2 N–H and O–H groups in total. The Kier molecular flexibility index (Phi) is 3.47. The lowest BCUT2D eigenvalue weighted by atomic mass is 10.1. The molecule has 0 aromatic heterocycles. The van der Waals surface area contributed by atoms with Crippen LogP contribution in [0.15, 0.2) is 36.9 Å². The summed E-state index contributed by atoms with van der Waals surface area (Å²) < 4.78 is 0. The largest absolute Gasteiger partial charge is 0.325 e. The van der Waals surface area contributed by atoms with Gasteiger partial charge < -0.3 is 5.73 Å². The van der Waals surface area contributed by atoms with Crippen LogP contribution in [-0.2, 0) is 0 Å². The maximum atomic E-state index is 5.62. The van der Waals surface area contributed by atoms with Crippen molar-refractivity contribution in [3.05, 3.63) is 48.0 Å². The van der Waals surface area contributed by atoms with Gasteiger partial charge in [-0.3, -0.25) is 0 Å². The van der Waals surface area contributed by atoms with Gasteiger partial charge in [-0.1, -0.05) is 49.1 Å². The summed E-state index contributed by atoms with van der Waals surface area (Å²) in [6.45, 7) is 5.70. The number of benzene rings is 1. The maximum absolute atomic E-state index is 5.62. The van der Waals surface area contributed by atoms with Gasteiger partial charge in [-0.2, -0.15) is 0 Å². The summed E-state index contributed by atoms with van der Waals surface area (Å²) in [6.07, 6.45) is 5.85. The molecule has 0 spiro atoms. The summed E-state index contributed by atoms with van der Waals surface area (Å²) in [5.74, 6) is 0. The van der Waals surface area contributed by atoms with Crippen molar-refractivity contribution in [2.45, 2.75) is 13.0 Å². The Bertz CT molecular complexity index is 311. The molecule has 0 amide bonds. The zero-order chi connectivity index (χ0) is 9.68. The Hall–Kier alpha value is -1.34. The first-order chi connectivity index (χ1) is 6.24. The van der Waals surface area contributed by atoms with E-state index in [1.165, 1.54) is 0 Å². The summed E-state index contributed by atoms with van der Waals surface area (Å²) in [5, 5.41) is 0. The number of hydrogen-bond donors (Lipinski definition) is 1. The van der Waals surface area contributed by atoms with Gasteiger partial charge in [0.1, 0.15) is 0 Å². The Morgan fingerprint density at radius 1 is 1.31 bits per heavy atom. The van der Waals surface area contributed by atoms with E-state index >= 15 is 0 Å². The lowest BCUT2D eigenvalue weighted by Gasteiger charge is -2.00. The standard InChI is InChI=1S/C12H15N/c1-3-11-6-4-5-7-12(11)9-8-10(2)13/h3-10H,1,13H2,2H3/b9-8-/t10-/m1/s1. The highest BCUT2D eigenvalue weighted by molar-refractivity contribution is 5.64. The minimum Gasteiger partial charge on any atom is -0.325 e. The van der Waals surface area contributed by atoms with Crippen LogP contribution in [0.4, 0.5) is 0 Å². The van der Waals surface area contributed by atoms with E-state index in [1.807, 2.05) is 43.4 Å². The third-order valence-electron chi connectivity index (χ3n) is 1.80. The molecule has 0 fully saturated rings. The van der Waals surface area contributed by atoms with E-state index in [4.69, 9.17) is 5.73 Å². The average Bonchev–Trinajstić information content (AvgIpc) is 2.15. The molecular weight excluding hydrogens is 158 g/mol. The van der Waals surface area contributed by atoms with Gasteiger partial charge in [-0.25, -0.2) is 0 Å². The molecule has 1 aromatic rings. The monoisotopic (exact) mass is 173 g/mol. The van der Waals surface area contributed by atoms with Crippen LogP contribution in [0.2, 0.25) is 0 Å². The quantitative estimate of drug-likeness (QED) is 0.747. The normalized spacial score (nSPS) is 13.1. The van der Waals surface area contributed by atoms with Crippen LogP contribution in [0, 0.1) is 0 Å². The highest BCUT2D eigenvalue weighted by Crippen LogP contribution is 2.11. The molecule has 0 bridgehead atoms. The van der Waals surface area contributed by atoms with E-state index in [2.05, 4.69) is 12.6 Å². The van der Waals surface area contributed by atoms with E-state index in [0.717, 1.165) is 11.1 Å². The van der Waals surface area contributed by atoms with Crippen LogP contribution in [0.25, 0.3) is 12.2 Å². The van der Waals surface area contributed by atoms with Crippen molar-refractivity contribution in [2.75, 3.05) is 0 Å². The van der Waals surface area contributed by atoms with Crippen molar-refractivity contribution < 1.29 is 0 Å².